The minimum absolute atomic E-state index is 0.103. The minimum atomic E-state index is -0.445. The van der Waals surface area contributed by atoms with Gasteiger partial charge in [-0.3, -0.25) is 19.4 Å². The van der Waals surface area contributed by atoms with Crippen molar-refractivity contribution in [3.05, 3.63) is 70.5 Å². The number of carbonyl (C=O) groups is 2. The third-order valence-corrected chi connectivity index (χ3v) is 4.67. The smallest absolute Gasteiger partial charge is 0.238 e. The van der Waals surface area contributed by atoms with E-state index in [1.165, 1.54) is 11.0 Å². The highest BCUT2D eigenvalue weighted by Gasteiger charge is 2.39. The average molecular weight is 361 g/mol. The van der Waals surface area contributed by atoms with Gasteiger partial charge in [0.05, 0.1) is 12.6 Å². The van der Waals surface area contributed by atoms with Crippen LogP contribution in [0.15, 0.2) is 48.5 Å². The molecule has 3 rings (SSSR count). The van der Waals surface area contributed by atoms with Gasteiger partial charge in [-0.05, 0) is 24.7 Å². The third kappa shape index (κ3) is 3.72. The molecule has 0 bridgehead atoms. The fourth-order valence-corrected chi connectivity index (χ4v) is 3.24. The molecule has 4 nitrogen and oxygen atoms in total. The van der Waals surface area contributed by atoms with Crippen LogP contribution in [0.5, 0.6) is 0 Å². The van der Waals surface area contributed by atoms with Gasteiger partial charge in [0.2, 0.25) is 11.8 Å². The summed E-state index contributed by atoms with van der Waals surface area (Å²) in [6, 6.07) is 13.8. The normalized spacial score (nSPS) is 17.6. The molecule has 1 atom stereocenters. The van der Waals surface area contributed by atoms with Crippen LogP contribution in [0.2, 0.25) is 5.02 Å². The number of likely N-dealkylation sites (tertiary alicyclic amines) is 1. The van der Waals surface area contributed by atoms with Crippen molar-refractivity contribution in [3.8, 4) is 0 Å². The van der Waals surface area contributed by atoms with Gasteiger partial charge in [-0.25, -0.2) is 4.39 Å². The quantitative estimate of drug-likeness (QED) is 0.767. The molecule has 0 saturated carbocycles. The zero-order valence-electron chi connectivity index (χ0n) is 13.8. The number of hydrogen-bond acceptors (Lipinski definition) is 3. The van der Waals surface area contributed by atoms with Crippen molar-refractivity contribution in [2.75, 3.05) is 13.7 Å². The van der Waals surface area contributed by atoms with Crippen LogP contribution in [0.3, 0.4) is 0 Å². The first-order valence-electron chi connectivity index (χ1n) is 7.98. The van der Waals surface area contributed by atoms with Crippen LogP contribution in [0.25, 0.3) is 0 Å². The Labute approximate surface area is 150 Å². The predicted octanol–water partition coefficient (Wildman–Crippen LogP) is 3.41. The second-order valence-electron chi connectivity index (χ2n) is 6.18. The molecule has 0 radical (unpaired) electrons. The standard InChI is InChI=1S/C19H18ClFN2O2/c1-22(11-15-16(20)8-5-9-17(15)21)12-23-18(24)10-14(19(23)25)13-6-3-2-4-7-13/h2-9,14H,10-12H2,1H3/t14-/m1/s1. The van der Waals surface area contributed by atoms with E-state index in [1.807, 2.05) is 30.3 Å². The second-order valence-corrected chi connectivity index (χ2v) is 6.59. The lowest BCUT2D eigenvalue weighted by molar-refractivity contribution is -0.141. The van der Waals surface area contributed by atoms with Crippen LogP contribution in [0, 0.1) is 5.82 Å². The van der Waals surface area contributed by atoms with E-state index in [0.717, 1.165) is 5.56 Å². The molecule has 1 fully saturated rings. The summed E-state index contributed by atoms with van der Waals surface area (Å²) in [6.07, 6.45) is 0.164. The molecule has 1 heterocycles. The van der Waals surface area contributed by atoms with Gasteiger partial charge in [0.1, 0.15) is 5.82 Å². The summed E-state index contributed by atoms with van der Waals surface area (Å²) < 4.78 is 13.9. The maximum Gasteiger partial charge on any atom is 0.238 e. The summed E-state index contributed by atoms with van der Waals surface area (Å²) in [5.41, 5.74) is 1.19. The first-order chi connectivity index (χ1) is 12.0. The Balaban J connectivity index is 1.70. The molecule has 0 aliphatic carbocycles. The van der Waals surface area contributed by atoms with E-state index in [1.54, 1.807) is 24.1 Å². The van der Waals surface area contributed by atoms with Crippen LogP contribution in [0.4, 0.5) is 4.39 Å². The van der Waals surface area contributed by atoms with E-state index in [0.29, 0.717) is 10.6 Å². The van der Waals surface area contributed by atoms with E-state index in [9.17, 15) is 14.0 Å². The van der Waals surface area contributed by atoms with Crippen molar-refractivity contribution in [2.24, 2.45) is 0 Å². The highest BCUT2D eigenvalue weighted by atomic mass is 35.5. The molecule has 1 aliphatic rings. The molecule has 130 valence electrons. The van der Waals surface area contributed by atoms with Gasteiger partial charge in [-0.15, -0.1) is 0 Å². The van der Waals surface area contributed by atoms with Crippen molar-refractivity contribution >= 4 is 23.4 Å². The van der Waals surface area contributed by atoms with Gasteiger partial charge >= 0.3 is 0 Å². The molecule has 1 aliphatic heterocycles. The molecule has 0 N–H and O–H groups in total. The Hall–Kier alpha value is -2.24. The Morgan fingerprint density at radius 3 is 2.56 bits per heavy atom. The molecular formula is C19H18ClFN2O2. The highest BCUT2D eigenvalue weighted by Crippen LogP contribution is 2.29. The van der Waals surface area contributed by atoms with Crippen LogP contribution in [-0.2, 0) is 16.1 Å². The first-order valence-corrected chi connectivity index (χ1v) is 8.35. The number of amides is 2. The van der Waals surface area contributed by atoms with Crippen LogP contribution < -0.4 is 0 Å². The zero-order chi connectivity index (χ0) is 18.0. The fourth-order valence-electron chi connectivity index (χ4n) is 3.02. The maximum absolute atomic E-state index is 13.9. The highest BCUT2D eigenvalue weighted by molar-refractivity contribution is 6.31. The Bertz CT molecular complexity index is 777. The fraction of sp³-hybridized carbons (Fsp3) is 0.263. The lowest BCUT2D eigenvalue weighted by atomic mass is 9.98. The van der Waals surface area contributed by atoms with Gasteiger partial charge in [0.15, 0.2) is 0 Å². The lowest BCUT2D eigenvalue weighted by Crippen LogP contribution is -2.39. The SMILES string of the molecule is CN(Cc1c(F)cccc1Cl)CN1C(=O)C[C@H](c2ccccc2)C1=O. The van der Waals surface area contributed by atoms with Crippen LogP contribution in [-0.4, -0.2) is 35.3 Å². The molecule has 0 unspecified atom stereocenters. The Morgan fingerprint density at radius 1 is 1.16 bits per heavy atom. The van der Waals surface area contributed by atoms with Gasteiger partial charge in [0, 0.05) is 23.6 Å². The van der Waals surface area contributed by atoms with Crippen molar-refractivity contribution < 1.29 is 14.0 Å². The predicted molar refractivity (Wildman–Crippen MR) is 93.4 cm³/mol. The molecule has 2 amide bonds. The summed E-state index contributed by atoms with van der Waals surface area (Å²) in [4.78, 5) is 27.8. The summed E-state index contributed by atoms with van der Waals surface area (Å²) >= 11 is 6.04. The number of halogens is 2. The maximum atomic E-state index is 13.9. The molecule has 0 spiro atoms. The molecule has 6 heteroatoms. The third-order valence-electron chi connectivity index (χ3n) is 4.32. The van der Waals surface area contributed by atoms with Crippen molar-refractivity contribution in [1.29, 1.82) is 0 Å². The number of rotatable bonds is 5. The number of benzene rings is 2. The molecular weight excluding hydrogens is 343 g/mol. The molecule has 25 heavy (non-hydrogen) atoms. The summed E-state index contributed by atoms with van der Waals surface area (Å²) in [7, 11) is 1.72. The first kappa shape index (κ1) is 17.6. The molecule has 2 aromatic carbocycles. The second kappa shape index (κ2) is 7.33. The van der Waals surface area contributed by atoms with Gasteiger partial charge in [0.25, 0.3) is 0 Å². The summed E-state index contributed by atoms with van der Waals surface area (Å²) in [6.45, 7) is 0.310. The van der Waals surface area contributed by atoms with E-state index >= 15 is 0 Å². The van der Waals surface area contributed by atoms with E-state index in [-0.39, 0.29) is 31.4 Å². The van der Waals surface area contributed by atoms with E-state index < -0.39 is 11.7 Å². The van der Waals surface area contributed by atoms with Crippen LogP contribution in [0.1, 0.15) is 23.5 Å². The van der Waals surface area contributed by atoms with Gasteiger partial charge in [-0.2, -0.15) is 0 Å². The summed E-state index contributed by atoms with van der Waals surface area (Å²) in [5, 5.41) is 0.327. The van der Waals surface area contributed by atoms with Crippen molar-refractivity contribution in [1.82, 2.24) is 9.80 Å². The monoisotopic (exact) mass is 360 g/mol. The van der Waals surface area contributed by atoms with E-state index in [2.05, 4.69) is 0 Å². The zero-order valence-corrected chi connectivity index (χ0v) is 14.5. The summed E-state index contributed by atoms with van der Waals surface area (Å²) in [5.74, 6) is -1.28. The topological polar surface area (TPSA) is 40.6 Å². The largest absolute Gasteiger partial charge is 0.284 e. The Morgan fingerprint density at radius 2 is 1.88 bits per heavy atom. The van der Waals surface area contributed by atoms with Gasteiger partial charge < -0.3 is 0 Å². The number of nitrogens with zero attached hydrogens (tertiary/aromatic N) is 2. The van der Waals surface area contributed by atoms with Crippen molar-refractivity contribution in [2.45, 2.75) is 18.9 Å². The molecule has 0 aromatic heterocycles. The Kier molecular flexibility index (Phi) is 5.16. The van der Waals surface area contributed by atoms with Crippen LogP contribution >= 0.6 is 11.6 Å². The van der Waals surface area contributed by atoms with E-state index in [4.69, 9.17) is 11.6 Å². The average Bonchev–Trinajstić information content (AvgIpc) is 2.87. The lowest BCUT2D eigenvalue weighted by Gasteiger charge is -2.24. The number of carbonyl (C=O) groups excluding carboxylic acids is 2. The number of imide groups is 1. The molecule has 1 saturated heterocycles. The minimum Gasteiger partial charge on any atom is -0.284 e. The number of hydrogen-bond donors (Lipinski definition) is 0. The van der Waals surface area contributed by atoms with Gasteiger partial charge in [-0.1, -0.05) is 48.0 Å². The van der Waals surface area contributed by atoms with Crippen molar-refractivity contribution in [3.63, 3.8) is 0 Å². The molecule has 2 aromatic rings.